The fourth-order valence-corrected chi connectivity index (χ4v) is 3.10. The Labute approximate surface area is 128 Å². The van der Waals surface area contributed by atoms with Gasteiger partial charge in [0.1, 0.15) is 11.8 Å². The van der Waals surface area contributed by atoms with Gasteiger partial charge in [0, 0.05) is 24.1 Å². The predicted molar refractivity (Wildman–Crippen MR) is 81.7 cm³/mol. The molecule has 1 aliphatic rings. The lowest BCUT2D eigenvalue weighted by molar-refractivity contribution is -0.131. The minimum atomic E-state index is -0.366. The average molecular weight is 308 g/mol. The Morgan fingerprint density at radius 1 is 1.33 bits per heavy atom. The molecule has 1 saturated heterocycles. The smallest absolute Gasteiger partial charge is 0.308 e. The summed E-state index contributed by atoms with van der Waals surface area (Å²) in [7, 11) is 0. The normalized spacial score (nSPS) is 16.3. The Hall–Kier alpha value is -1.52. The Morgan fingerprint density at radius 2 is 2.10 bits per heavy atom. The minimum absolute atomic E-state index is 0.366. The molecule has 0 spiro atoms. The van der Waals surface area contributed by atoms with Gasteiger partial charge in [0.05, 0.1) is 5.39 Å². The molecule has 0 amide bonds. The Morgan fingerprint density at radius 3 is 2.81 bits per heavy atom. The fraction of sp³-hybridized carbons (Fsp3) is 0.438. The zero-order chi connectivity index (χ0) is 14.8. The van der Waals surface area contributed by atoms with Crippen molar-refractivity contribution in [3.05, 3.63) is 29.0 Å². The zero-order valence-electron chi connectivity index (χ0n) is 12.0. The molecule has 1 aliphatic heterocycles. The SMILES string of the molecule is CC(=O)Oc1coc2c(CN3CCCCC3)cc(Cl)cc12. The third-order valence-corrected chi connectivity index (χ3v) is 3.99. The molecule has 0 atom stereocenters. The highest BCUT2D eigenvalue weighted by atomic mass is 35.5. The van der Waals surface area contributed by atoms with E-state index in [9.17, 15) is 4.79 Å². The van der Waals surface area contributed by atoms with E-state index in [4.69, 9.17) is 20.8 Å². The molecular weight excluding hydrogens is 290 g/mol. The molecule has 21 heavy (non-hydrogen) atoms. The Bertz CT molecular complexity index is 659. The van der Waals surface area contributed by atoms with Crippen molar-refractivity contribution in [2.45, 2.75) is 32.7 Å². The van der Waals surface area contributed by atoms with Crippen LogP contribution in [0.2, 0.25) is 5.02 Å². The lowest BCUT2D eigenvalue weighted by Gasteiger charge is -2.26. The summed E-state index contributed by atoms with van der Waals surface area (Å²) in [5.74, 6) is 0.0650. The first-order valence-electron chi connectivity index (χ1n) is 7.24. The van der Waals surface area contributed by atoms with Gasteiger partial charge in [-0.1, -0.05) is 18.0 Å². The molecule has 5 heteroatoms. The van der Waals surface area contributed by atoms with Crippen molar-refractivity contribution in [1.29, 1.82) is 0 Å². The quantitative estimate of drug-likeness (QED) is 0.804. The van der Waals surface area contributed by atoms with Gasteiger partial charge in [-0.05, 0) is 38.1 Å². The first kappa shape index (κ1) is 14.4. The number of hydrogen-bond acceptors (Lipinski definition) is 4. The second-order valence-corrected chi connectivity index (χ2v) is 5.91. The molecule has 2 aromatic rings. The van der Waals surface area contributed by atoms with Crippen molar-refractivity contribution in [1.82, 2.24) is 4.90 Å². The third-order valence-electron chi connectivity index (χ3n) is 3.78. The maximum absolute atomic E-state index is 11.1. The molecular formula is C16H18ClNO3. The van der Waals surface area contributed by atoms with Gasteiger partial charge < -0.3 is 9.15 Å². The molecule has 0 N–H and O–H groups in total. The van der Waals surface area contributed by atoms with Crippen LogP contribution in [-0.2, 0) is 11.3 Å². The largest absolute Gasteiger partial charge is 0.460 e. The van der Waals surface area contributed by atoms with Gasteiger partial charge in [-0.3, -0.25) is 9.69 Å². The number of furan rings is 1. The summed E-state index contributed by atoms with van der Waals surface area (Å²) in [4.78, 5) is 13.5. The number of fused-ring (bicyclic) bond motifs is 1. The Balaban J connectivity index is 1.94. The first-order valence-corrected chi connectivity index (χ1v) is 7.61. The predicted octanol–water partition coefficient (Wildman–Crippen LogP) is 4.00. The van der Waals surface area contributed by atoms with Crippen molar-refractivity contribution >= 4 is 28.5 Å². The van der Waals surface area contributed by atoms with Crippen LogP contribution in [0, 0.1) is 0 Å². The third kappa shape index (κ3) is 3.22. The van der Waals surface area contributed by atoms with Crippen LogP contribution in [0.25, 0.3) is 11.0 Å². The van der Waals surface area contributed by atoms with E-state index >= 15 is 0 Å². The lowest BCUT2D eigenvalue weighted by atomic mass is 10.1. The van der Waals surface area contributed by atoms with E-state index in [-0.39, 0.29) is 5.97 Å². The first-order chi connectivity index (χ1) is 10.1. The summed E-state index contributed by atoms with van der Waals surface area (Å²) in [6, 6.07) is 3.71. The van der Waals surface area contributed by atoms with Crippen LogP contribution in [0.3, 0.4) is 0 Å². The highest BCUT2D eigenvalue weighted by Gasteiger charge is 2.17. The number of ether oxygens (including phenoxy) is 1. The number of carbonyl (C=O) groups excluding carboxylic acids is 1. The summed E-state index contributed by atoms with van der Waals surface area (Å²) >= 11 is 6.21. The number of benzene rings is 1. The number of carbonyl (C=O) groups is 1. The molecule has 1 aromatic carbocycles. The molecule has 112 valence electrons. The second-order valence-electron chi connectivity index (χ2n) is 5.47. The standard InChI is InChI=1S/C16H18ClNO3/c1-11(19)21-15-10-20-16-12(7-13(17)8-14(15)16)9-18-5-3-2-4-6-18/h7-8,10H,2-6,9H2,1H3. The average Bonchev–Trinajstić information content (AvgIpc) is 2.82. The molecule has 2 heterocycles. The molecule has 0 bridgehead atoms. The van der Waals surface area contributed by atoms with Crippen LogP contribution >= 0.6 is 11.6 Å². The summed E-state index contributed by atoms with van der Waals surface area (Å²) < 4.78 is 10.8. The monoisotopic (exact) mass is 307 g/mol. The summed E-state index contributed by atoms with van der Waals surface area (Å²) in [5.41, 5.74) is 1.79. The molecule has 0 saturated carbocycles. The van der Waals surface area contributed by atoms with Crippen LogP contribution in [0.4, 0.5) is 0 Å². The number of piperidine rings is 1. The van der Waals surface area contributed by atoms with Gasteiger partial charge in [0.25, 0.3) is 0 Å². The van der Waals surface area contributed by atoms with Crippen LogP contribution in [0.5, 0.6) is 5.75 Å². The molecule has 0 unspecified atom stereocenters. The number of nitrogens with zero attached hydrogens (tertiary/aromatic N) is 1. The van der Waals surface area contributed by atoms with Crippen molar-refractivity contribution in [3.63, 3.8) is 0 Å². The van der Waals surface area contributed by atoms with E-state index in [1.165, 1.54) is 32.4 Å². The van der Waals surface area contributed by atoms with Crippen molar-refractivity contribution in [2.75, 3.05) is 13.1 Å². The molecule has 4 nitrogen and oxygen atoms in total. The summed E-state index contributed by atoms with van der Waals surface area (Å²) in [6.07, 6.45) is 5.25. The van der Waals surface area contributed by atoms with E-state index in [2.05, 4.69) is 4.90 Å². The van der Waals surface area contributed by atoms with Gasteiger partial charge >= 0.3 is 5.97 Å². The van der Waals surface area contributed by atoms with Crippen molar-refractivity contribution in [3.8, 4) is 5.75 Å². The molecule has 1 aromatic heterocycles. The van der Waals surface area contributed by atoms with E-state index in [0.717, 1.165) is 36.2 Å². The maximum Gasteiger partial charge on any atom is 0.308 e. The van der Waals surface area contributed by atoms with E-state index in [1.54, 1.807) is 6.07 Å². The lowest BCUT2D eigenvalue weighted by Crippen LogP contribution is -2.29. The number of rotatable bonds is 3. The molecule has 3 rings (SSSR count). The second kappa shape index (κ2) is 6.08. The summed E-state index contributed by atoms with van der Waals surface area (Å²) in [5, 5.41) is 1.38. The highest BCUT2D eigenvalue weighted by molar-refractivity contribution is 6.31. The van der Waals surface area contributed by atoms with Crippen LogP contribution in [0.15, 0.2) is 22.8 Å². The van der Waals surface area contributed by atoms with E-state index < -0.39 is 0 Å². The van der Waals surface area contributed by atoms with Crippen molar-refractivity contribution < 1.29 is 13.9 Å². The topological polar surface area (TPSA) is 42.7 Å². The highest BCUT2D eigenvalue weighted by Crippen LogP contribution is 2.34. The van der Waals surface area contributed by atoms with Crippen LogP contribution in [0.1, 0.15) is 31.7 Å². The van der Waals surface area contributed by atoms with Gasteiger partial charge in [0.15, 0.2) is 5.75 Å². The van der Waals surface area contributed by atoms with Gasteiger partial charge in [0.2, 0.25) is 0 Å². The van der Waals surface area contributed by atoms with Gasteiger partial charge in [-0.2, -0.15) is 0 Å². The Kier molecular flexibility index (Phi) is 4.17. The number of likely N-dealkylation sites (tertiary alicyclic amines) is 1. The van der Waals surface area contributed by atoms with E-state index in [1.807, 2.05) is 6.07 Å². The van der Waals surface area contributed by atoms with Crippen molar-refractivity contribution in [2.24, 2.45) is 0 Å². The van der Waals surface area contributed by atoms with Crippen LogP contribution in [-0.4, -0.2) is 24.0 Å². The number of halogens is 1. The molecule has 0 aliphatic carbocycles. The number of hydrogen-bond donors (Lipinski definition) is 0. The zero-order valence-corrected chi connectivity index (χ0v) is 12.8. The van der Waals surface area contributed by atoms with Crippen LogP contribution < -0.4 is 4.74 Å². The summed E-state index contributed by atoms with van der Waals surface area (Å²) in [6.45, 7) is 4.39. The van der Waals surface area contributed by atoms with Gasteiger partial charge in [-0.15, -0.1) is 0 Å². The molecule has 0 radical (unpaired) electrons. The number of esters is 1. The maximum atomic E-state index is 11.1. The fourth-order valence-electron chi connectivity index (χ4n) is 2.86. The minimum Gasteiger partial charge on any atom is -0.460 e. The molecule has 1 fully saturated rings. The van der Waals surface area contributed by atoms with E-state index in [0.29, 0.717) is 10.8 Å². The van der Waals surface area contributed by atoms with Gasteiger partial charge in [-0.25, -0.2) is 0 Å².